The maximum atomic E-state index is 12.6. The molecule has 0 saturated carbocycles. The number of rotatable bonds is 4. The van der Waals surface area contributed by atoms with Crippen LogP contribution in [0.5, 0.6) is 0 Å². The Morgan fingerprint density at radius 2 is 1.76 bits per heavy atom. The summed E-state index contributed by atoms with van der Waals surface area (Å²) in [6.45, 7) is 5.35. The Balaban J connectivity index is 1.65. The molecule has 1 aliphatic heterocycles. The third-order valence-electron chi connectivity index (χ3n) is 4.85. The number of aryl methyl sites for hydroxylation is 2. The Morgan fingerprint density at radius 1 is 1.08 bits per heavy atom. The fraction of sp³-hybridized carbons (Fsp3) is 0.350. The van der Waals surface area contributed by atoms with E-state index in [1.807, 2.05) is 0 Å². The Bertz CT molecular complexity index is 832. The number of pyridine rings is 1. The quantitative estimate of drug-likeness (QED) is 0.837. The number of sulfonamides is 1. The minimum Gasteiger partial charge on any atom is -0.263 e. The lowest BCUT2D eigenvalue weighted by Crippen LogP contribution is -2.38. The van der Waals surface area contributed by atoms with E-state index in [2.05, 4.69) is 49.2 Å². The zero-order valence-electron chi connectivity index (χ0n) is 14.7. The standard InChI is InChI=1S/C20H24N2O2S/c1-16-5-3-6-17(2)20(16)9-8-18-10-13-22(14-11-18)25(23,24)19-7-4-12-21-15-19/h3-9,12,15,18H,10-11,13-14H2,1-2H3. The molecule has 2 heterocycles. The molecule has 2 aromatic rings. The van der Waals surface area contributed by atoms with Crippen LogP contribution in [0, 0.1) is 19.8 Å². The van der Waals surface area contributed by atoms with Crippen LogP contribution >= 0.6 is 0 Å². The molecular weight excluding hydrogens is 332 g/mol. The lowest BCUT2D eigenvalue weighted by Gasteiger charge is -2.29. The summed E-state index contributed by atoms with van der Waals surface area (Å²) in [4.78, 5) is 4.20. The molecule has 0 unspecified atom stereocenters. The molecule has 1 aromatic carbocycles. The Morgan fingerprint density at radius 3 is 2.36 bits per heavy atom. The summed E-state index contributed by atoms with van der Waals surface area (Å²) in [5, 5.41) is 0. The molecular formula is C20H24N2O2S. The molecule has 1 aliphatic rings. The van der Waals surface area contributed by atoms with Crippen LogP contribution in [0.4, 0.5) is 0 Å². The number of hydrogen-bond donors (Lipinski definition) is 0. The zero-order chi connectivity index (χ0) is 17.9. The van der Waals surface area contributed by atoms with Gasteiger partial charge in [-0.1, -0.05) is 30.4 Å². The van der Waals surface area contributed by atoms with Crippen molar-refractivity contribution >= 4 is 16.1 Å². The van der Waals surface area contributed by atoms with Crippen molar-refractivity contribution in [1.29, 1.82) is 0 Å². The van der Waals surface area contributed by atoms with Gasteiger partial charge in [0.15, 0.2) is 0 Å². The minimum absolute atomic E-state index is 0.277. The fourth-order valence-corrected chi connectivity index (χ4v) is 4.71. The van der Waals surface area contributed by atoms with Crippen molar-refractivity contribution in [3.63, 3.8) is 0 Å². The van der Waals surface area contributed by atoms with Crippen LogP contribution in [0.15, 0.2) is 53.7 Å². The summed E-state index contributed by atoms with van der Waals surface area (Å²) in [6.07, 6.45) is 9.14. The molecule has 132 valence electrons. The van der Waals surface area contributed by atoms with Gasteiger partial charge in [-0.05, 0) is 61.4 Å². The first-order valence-electron chi connectivity index (χ1n) is 8.63. The zero-order valence-corrected chi connectivity index (χ0v) is 15.5. The summed E-state index contributed by atoms with van der Waals surface area (Å²) in [7, 11) is -3.42. The van der Waals surface area contributed by atoms with Crippen molar-refractivity contribution in [2.45, 2.75) is 31.6 Å². The lowest BCUT2D eigenvalue weighted by molar-refractivity contribution is 0.306. The van der Waals surface area contributed by atoms with E-state index in [1.54, 1.807) is 22.6 Å². The van der Waals surface area contributed by atoms with E-state index in [9.17, 15) is 8.42 Å². The van der Waals surface area contributed by atoms with Gasteiger partial charge in [0.1, 0.15) is 4.90 Å². The molecule has 1 aromatic heterocycles. The lowest BCUT2D eigenvalue weighted by atomic mass is 9.95. The summed E-state index contributed by atoms with van der Waals surface area (Å²) in [5.41, 5.74) is 3.81. The van der Waals surface area contributed by atoms with Gasteiger partial charge in [-0.15, -0.1) is 0 Å². The number of allylic oxidation sites excluding steroid dienone is 1. The SMILES string of the molecule is Cc1cccc(C)c1C=CC1CCN(S(=O)(=O)c2cccnc2)CC1. The van der Waals surface area contributed by atoms with E-state index in [1.165, 1.54) is 22.9 Å². The number of piperidine rings is 1. The fourth-order valence-electron chi connectivity index (χ4n) is 3.28. The van der Waals surface area contributed by atoms with Crippen LogP contribution in [-0.4, -0.2) is 30.8 Å². The van der Waals surface area contributed by atoms with Crippen LogP contribution in [0.3, 0.4) is 0 Å². The van der Waals surface area contributed by atoms with Gasteiger partial charge in [-0.25, -0.2) is 8.42 Å². The first-order valence-corrected chi connectivity index (χ1v) is 10.1. The smallest absolute Gasteiger partial charge is 0.244 e. The predicted octanol–water partition coefficient (Wildman–Crippen LogP) is 3.81. The molecule has 1 saturated heterocycles. The van der Waals surface area contributed by atoms with Gasteiger partial charge in [-0.2, -0.15) is 4.31 Å². The second kappa shape index (κ2) is 7.50. The summed E-state index contributed by atoms with van der Waals surface area (Å²) < 4.78 is 26.8. The molecule has 0 aliphatic carbocycles. The Kier molecular flexibility index (Phi) is 5.35. The highest BCUT2D eigenvalue weighted by atomic mass is 32.2. The Labute approximate surface area is 150 Å². The van der Waals surface area contributed by atoms with Gasteiger partial charge in [-0.3, -0.25) is 4.98 Å². The Hall–Kier alpha value is -1.98. The highest BCUT2D eigenvalue weighted by Crippen LogP contribution is 2.25. The van der Waals surface area contributed by atoms with E-state index in [4.69, 9.17) is 0 Å². The molecule has 0 bridgehead atoms. The highest BCUT2D eigenvalue weighted by Gasteiger charge is 2.28. The summed E-state index contributed by atoms with van der Waals surface area (Å²) in [6, 6.07) is 9.58. The van der Waals surface area contributed by atoms with Crippen molar-refractivity contribution in [3.8, 4) is 0 Å². The second-order valence-electron chi connectivity index (χ2n) is 6.59. The molecule has 3 rings (SSSR count). The van der Waals surface area contributed by atoms with Crippen molar-refractivity contribution in [3.05, 3.63) is 65.5 Å². The van der Waals surface area contributed by atoms with Crippen molar-refractivity contribution in [2.24, 2.45) is 5.92 Å². The van der Waals surface area contributed by atoms with Gasteiger partial charge >= 0.3 is 0 Å². The van der Waals surface area contributed by atoms with E-state index < -0.39 is 10.0 Å². The number of aromatic nitrogens is 1. The molecule has 0 radical (unpaired) electrons. The van der Waals surface area contributed by atoms with Crippen LogP contribution in [0.25, 0.3) is 6.08 Å². The van der Waals surface area contributed by atoms with Crippen LogP contribution < -0.4 is 0 Å². The predicted molar refractivity (Wildman–Crippen MR) is 101 cm³/mol. The van der Waals surface area contributed by atoms with Gasteiger partial charge in [0.2, 0.25) is 10.0 Å². The maximum Gasteiger partial charge on any atom is 0.244 e. The summed E-state index contributed by atoms with van der Waals surface area (Å²) >= 11 is 0. The van der Waals surface area contributed by atoms with Gasteiger partial charge < -0.3 is 0 Å². The normalized spacial score (nSPS) is 17.2. The number of hydrogen-bond acceptors (Lipinski definition) is 3. The van der Waals surface area contributed by atoms with E-state index in [-0.39, 0.29) is 4.90 Å². The molecule has 25 heavy (non-hydrogen) atoms. The molecule has 1 fully saturated rings. The van der Waals surface area contributed by atoms with E-state index in [0.29, 0.717) is 19.0 Å². The van der Waals surface area contributed by atoms with Crippen LogP contribution in [0.1, 0.15) is 29.5 Å². The minimum atomic E-state index is -3.42. The van der Waals surface area contributed by atoms with Crippen molar-refractivity contribution in [2.75, 3.05) is 13.1 Å². The van der Waals surface area contributed by atoms with E-state index >= 15 is 0 Å². The topological polar surface area (TPSA) is 50.3 Å². The molecule has 4 nitrogen and oxygen atoms in total. The number of nitrogens with zero attached hydrogens (tertiary/aromatic N) is 2. The maximum absolute atomic E-state index is 12.6. The summed E-state index contributed by atoms with van der Waals surface area (Å²) in [5.74, 6) is 0.416. The number of benzene rings is 1. The van der Waals surface area contributed by atoms with Gasteiger partial charge in [0.05, 0.1) is 0 Å². The molecule has 0 amide bonds. The first kappa shape index (κ1) is 17.8. The average molecular weight is 356 g/mol. The molecule has 0 spiro atoms. The van der Waals surface area contributed by atoms with Gasteiger partial charge in [0.25, 0.3) is 0 Å². The average Bonchev–Trinajstić information content (AvgIpc) is 2.62. The third-order valence-corrected chi connectivity index (χ3v) is 6.73. The van der Waals surface area contributed by atoms with Crippen LogP contribution in [0.2, 0.25) is 0 Å². The van der Waals surface area contributed by atoms with Gasteiger partial charge in [0, 0.05) is 25.5 Å². The molecule has 0 atom stereocenters. The monoisotopic (exact) mass is 356 g/mol. The molecule has 0 N–H and O–H groups in total. The molecule has 5 heteroatoms. The third kappa shape index (κ3) is 3.99. The largest absolute Gasteiger partial charge is 0.263 e. The first-order chi connectivity index (χ1) is 12.0. The van der Waals surface area contributed by atoms with E-state index in [0.717, 1.165) is 12.8 Å². The highest BCUT2D eigenvalue weighted by molar-refractivity contribution is 7.89. The van der Waals surface area contributed by atoms with Crippen molar-refractivity contribution in [1.82, 2.24) is 9.29 Å². The van der Waals surface area contributed by atoms with Crippen LogP contribution in [-0.2, 0) is 10.0 Å². The van der Waals surface area contributed by atoms with Crippen molar-refractivity contribution < 1.29 is 8.42 Å². The second-order valence-corrected chi connectivity index (χ2v) is 8.53.